The first-order valence-electron chi connectivity index (χ1n) is 13.0. The maximum Gasteiger partial charge on any atom is 0.346 e. The molecule has 0 saturated carbocycles. The highest BCUT2D eigenvalue weighted by atomic mass is 31.2. The maximum atomic E-state index is 13.7. The van der Waals surface area contributed by atoms with Crippen LogP contribution in [0, 0.1) is 0 Å². The largest absolute Gasteiger partial charge is 0.496 e. The van der Waals surface area contributed by atoms with Crippen LogP contribution in [0.15, 0.2) is 59.0 Å². The predicted octanol–water partition coefficient (Wildman–Crippen LogP) is 5.73. The number of aryl methyl sites for hydroxylation is 1. The number of methoxy groups -OCH3 is 4. The summed E-state index contributed by atoms with van der Waals surface area (Å²) in [5.41, 5.74) is 3.13. The van der Waals surface area contributed by atoms with Gasteiger partial charge in [0.15, 0.2) is 11.5 Å². The Bertz CT molecular complexity index is 1540. The number of furan rings is 1. The molecule has 4 aromatic rings. The van der Waals surface area contributed by atoms with E-state index in [-0.39, 0.29) is 12.8 Å². The van der Waals surface area contributed by atoms with E-state index in [1.54, 1.807) is 33.5 Å². The van der Waals surface area contributed by atoms with Crippen molar-refractivity contribution in [3.63, 3.8) is 0 Å². The van der Waals surface area contributed by atoms with Gasteiger partial charge in [0.1, 0.15) is 28.7 Å². The first-order valence-corrected chi connectivity index (χ1v) is 14.7. The SMILES string of the molecule is COC(=O)[C@H](Cc1ccc2c(c1)oc1ccccc12)N[C@H](CCc1cc(OC)c(OC)cc1OC)P(=O)(OC)OC. The van der Waals surface area contributed by atoms with Gasteiger partial charge in [-0.25, -0.2) is 0 Å². The summed E-state index contributed by atoms with van der Waals surface area (Å²) in [4.78, 5) is 13.0. The number of hydrogen-bond acceptors (Lipinski definition) is 10. The van der Waals surface area contributed by atoms with Crippen LogP contribution in [0.5, 0.6) is 17.2 Å². The molecule has 0 aliphatic carbocycles. The van der Waals surface area contributed by atoms with Gasteiger partial charge in [-0.15, -0.1) is 0 Å². The lowest BCUT2D eigenvalue weighted by atomic mass is 10.0. The van der Waals surface area contributed by atoms with E-state index in [1.165, 1.54) is 21.3 Å². The number of carbonyl (C=O) groups excluding carboxylic acids is 1. The molecule has 0 fully saturated rings. The lowest BCUT2D eigenvalue weighted by molar-refractivity contribution is -0.143. The zero-order valence-electron chi connectivity index (χ0n) is 24.1. The minimum absolute atomic E-state index is 0.253. The highest BCUT2D eigenvalue weighted by Crippen LogP contribution is 2.52. The molecule has 0 spiro atoms. The topological polar surface area (TPSA) is 115 Å². The summed E-state index contributed by atoms with van der Waals surface area (Å²) in [7, 11) is 4.91. The molecule has 1 heterocycles. The average molecular weight is 586 g/mol. The average Bonchev–Trinajstić information content (AvgIpc) is 3.38. The van der Waals surface area contributed by atoms with Crippen LogP contribution in [-0.4, -0.2) is 60.5 Å². The van der Waals surface area contributed by atoms with Crippen molar-refractivity contribution in [2.75, 3.05) is 42.7 Å². The standard InChI is InChI=1S/C30H36NO9P/c1-34-25-18-28(36-3)27(35-2)17-20(25)12-14-29(41(33,38-5)39-6)31-23(30(32)37-4)15-19-11-13-22-21-9-7-8-10-24(21)40-26(22)16-19/h7-11,13,16-18,23,29,31H,12,14-15H2,1-6H3/t23-,29-/m0/s1. The van der Waals surface area contributed by atoms with Gasteiger partial charge in [-0.1, -0.05) is 30.3 Å². The first-order chi connectivity index (χ1) is 19.8. The quantitative estimate of drug-likeness (QED) is 0.145. The van der Waals surface area contributed by atoms with E-state index in [2.05, 4.69) is 5.32 Å². The molecule has 10 nitrogen and oxygen atoms in total. The van der Waals surface area contributed by atoms with Crippen molar-refractivity contribution < 1.29 is 41.8 Å². The van der Waals surface area contributed by atoms with Crippen molar-refractivity contribution in [2.45, 2.75) is 31.1 Å². The van der Waals surface area contributed by atoms with Crippen molar-refractivity contribution in [1.82, 2.24) is 5.32 Å². The number of para-hydroxylation sites is 1. The van der Waals surface area contributed by atoms with Crippen LogP contribution in [-0.2, 0) is 36.0 Å². The molecule has 220 valence electrons. The molecule has 0 aliphatic heterocycles. The van der Waals surface area contributed by atoms with Crippen LogP contribution in [0.3, 0.4) is 0 Å². The Balaban J connectivity index is 1.62. The highest BCUT2D eigenvalue weighted by molar-refractivity contribution is 7.54. The van der Waals surface area contributed by atoms with E-state index < -0.39 is 25.4 Å². The molecular formula is C30H36NO9P. The Morgan fingerprint density at radius 2 is 1.49 bits per heavy atom. The zero-order chi connectivity index (χ0) is 29.6. The molecule has 2 atom stereocenters. The van der Waals surface area contributed by atoms with Crippen molar-refractivity contribution in [3.05, 3.63) is 65.7 Å². The van der Waals surface area contributed by atoms with Gasteiger partial charge in [0.05, 0.1) is 28.4 Å². The minimum Gasteiger partial charge on any atom is -0.496 e. The van der Waals surface area contributed by atoms with Gasteiger partial charge in [-0.05, 0) is 48.6 Å². The predicted molar refractivity (Wildman–Crippen MR) is 156 cm³/mol. The number of esters is 1. The fourth-order valence-electron chi connectivity index (χ4n) is 4.96. The summed E-state index contributed by atoms with van der Waals surface area (Å²) < 4.78 is 51.9. The normalized spacial score (nSPS) is 13.2. The third kappa shape index (κ3) is 6.52. The van der Waals surface area contributed by atoms with Gasteiger partial charge in [-0.3, -0.25) is 14.7 Å². The van der Waals surface area contributed by atoms with Gasteiger partial charge in [0, 0.05) is 31.1 Å². The molecular weight excluding hydrogens is 549 g/mol. The molecule has 0 aliphatic rings. The van der Waals surface area contributed by atoms with E-state index in [0.717, 1.165) is 27.5 Å². The van der Waals surface area contributed by atoms with E-state index in [1.807, 2.05) is 42.5 Å². The number of carbonyl (C=O) groups is 1. The number of benzene rings is 3. The molecule has 11 heteroatoms. The lowest BCUT2D eigenvalue weighted by Gasteiger charge is -2.29. The van der Waals surface area contributed by atoms with Gasteiger partial charge < -0.3 is 32.4 Å². The smallest absolute Gasteiger partial charge is 0.346 e. The molecule has 1 N–H and O–H groups in total. The van der Waals surface area contributed by atoms with Gasteiger partial charge >= 0.3 is 13.6 Å². The molecule has 0 unspecified atom stereocenters. The van der Waals surface area contributed by atoms with Crippen LogP contribution in [0.25, 0.3) is 21.9 Å². The summed E-state index contributed by atoms with van der Waals surface area (Å²) in [6.45, 7) is 0. The Hall–Kier alpha value is -3.56. The fourth-order valence-corrected chi connectivity index (χ4v) is 6.43. The number of rotatable bonds is 14. The number of fused-ring (bicyclic) bond motifs is 3. The summed E-state index contributed by atoms with van der Waals surface area (Å²) in [6, 6.07) is 16.3. The molecule has 0 amide bonds. The second-order valence-corrected chi connectivity index (χ2v) is 11.8. The van der Waals surface area contributed by atoms with E-state index >= 15 is 0 Å². The number of hydrogen-bond donors (Lipinski definition) is 1. The number of ether oxygens (including phenoxy) is 4. The van der Waals surface area contributed by atoms with Crippen LogP contribution in [0.4, 0.5) is 0 Å². The van der Waals surface area contributed by atoms with Gasteiger partial charge in [0.25, 0.3) is 0 Å². The molecule has 1 aromatic heterocycles. The monoisotopic (exact) mass is 585 g/mol. The van der Waals surface area contributed by atoms with Crippen LogP contribution in [0.2, 0.25) is 0 Å². The molecule has 4 rings (SSSR count). The second kappa shape index (κ2) is 13.4. The third-order valence-corrected chi connectivity index (χ3v) is 9.32. The molecule has 0 saturated heterocycles. The lowest BCUT2D eigenvalue weighted by Crippen LogP contribution is -2.45. The first kappa shape index (κ1) is 30.4. The van der Waals surface area contributed by atoms with Crippen molar-refractivity contribution >= 4 is 35.5 Å². The van der Waals surface area contributed by atoms with Crippen molar-refractivity contribution in [3.8, 4) is 17.2 Å². The van der Waals surface area contributed by atoms with Crippen molar-refractivity contribution in [1.29, 1.82) is 0 Å². The molecule has 3 aromatic carbocycles. The molecule has 0 radical (unpaired) electrons. The van der Waals surface area contributed by atoms with Crippen LogP contribution in [0.1, 0.15) is 17.5 Å². The Kier molecular flexibility index (Phi) is 9.94. The van der Waals surface area contributed by atoms with Crippen LogP contribution < -0.4 is 19.5 Å². The second-order valence-electron chi connectivity index (χ2n) is 9.35. The summed E-state index contributed by atoms with van der Waals surface area (Å²) in [5, 5.41) is 5.21. The van der Waals surface area contributed by atoms with Gasteiger partial charge in [-0.2, -0.15) is 0 Å². The zero-order valence-corrected chi connectivity index (χ0v) is 25.0. The summed E-state index contributed by atoms with van der Waals surface area (Å²) in [5.74, 6) is 0.267. The molecule has 0 bridgehead atoms. The number of nitrogens with one attached hydrogen (secondary N) is 1. The Labute approximate surface area is 239 Å². The Morgan fingerprint density at radius 1 is 0.829 bits per heavy atom. The van der Waals surface area contributed by atoms with Crippen LogP contribution >= 0.6 is 7.60 Å². The fraction of sp³-hybridized carbons (Fsp3) is 0.367. The Morgan fingerprint density at radius 3 is 2.15 bits per heavy atom. The van der Waals surface area contributed by atoms with E-state index in [4.69, 9.17) is 32.4 Å². The summed E-state index contributed by atoms with van der Waals surface area (Å²) >= 11 is 0. The third-order valence-electron chi connectivity index (χ3n) is 7.13. The summed E-state index contributed by atoms with van der Waals surface area (Å²) in [6.07, 6.45) is 0.931. The van der Waals surface area contributed by atoms with E-state index in [0.29, 0.717) is 29.3 Å². The van der Waals surface area contributed by atoms with E-state index in [9.17, 15) is 9.36 Å². The van der Waals surface area contributed by atoms with Gasteiger partial charge in [0.2, 0.25) is 0 Å². The minimum atomic E-state index is -3.69. The van der Waals surface area contributed by atoms with Crippen molar-refractivity contribution in [2.24, 2.45) is 0 Å². The highest BCUT2D eigenvalue weighted by Gasteiger charge is 2.37. The molecule has 41 heavy (non-hydrogen) atoms. The maximum absolute atomic E-state index is 13.7.